The Morgan fingerprint density at radius 2 is 0.930 bits per heavy atom. The third-order valence-electron chi connectivity index (χ3n) is 12.0. The van der Waals surface area contributed by atoms with Crippen LogP contribution in [-0.2, 0) is 42.9 Å². The van der Waals surface area contributed by atoms with Crippen molar-refractivity contribution in [2.24, 2.45) is 0 Å². The van der Waals surface area contributed by atoms with Crippen molar-refractivity contribution in [2.75, 3.05) is 13.2 Å². The van der Waals surface area contributed by atoms with E-state index in [1.165, 1.54) is 51.4 Å². The van der Waals surface area contributed by atoms with Gasteiger partial charge in [-0.1, -0.05) is 202 Å². The fourth-order valence-corrected chi connectivity index (χ4v) is 7.73. The van der Waals surface area contributed by atoms with Crippen molar-refractivity contribution < 1.29 is 58.2 Å². The highest BCUT2D eigenvalue weighted by molar-refractivity contribution is 5.74. The van der Waals surface area contributed by atoms with E-state index < -0.39 is 67.3 Å². The van der Waals surface area contributed by atoms with Gasteiger partial charge in [0.05, 0.1) is 6.61 Å². The first kappa shape index (κ1) is 64.9. The molecule has 1 rings (SSSR count). The molecule has 3 N–H and O–H groups in total. The van der Waals surface area contributed by atoms with Crippen molar-refractivity contribution >= 4 is 23.9 Å². The Labute approximate surface area is 429 Å². The van der Waals surface area contributed by atoms with Crippen LogP contribution in [-0.4, -0.2) is 89.2 Å². The number of carboxylic acids is 1. The summed E-state index contributed by atoms with van der Waals surface area (Å²) < 4.78 is 28.2. The van der Waals surface area contributed by atoms with E-state index in [1.54, 1.807) is 0 Å². The molecule has 0 saturated carbocycles. The molecule has 1 heterocycles. The predicted molar refractivity (Wildman–Crippen MR) is 284 cm³/mol. The lowest BCUT2D eigenvalue weighted by Gasteiger charge is -2.40. The third kappa shape index (κ3) is 37.3. The minimum absolute atomic E-state index is 0.0519. The smallest absolute Gasteiger partial charge is 0.335 e. The van der Waals surface area contributed by atoms with Gasteiger partial charge < -0.3 is 39.0 Å². The van der Waals surface area contributed by atoms with E-state index in [1.807, 2.05) is 12.2 Å². The number of aliphatic carboxylic acids is 1. The highest BCUT2D eigenvalue weighted by Crippen LogP contribution is 2.26. The Morgan fingerprint density at radius 1 is 0.479 bits per heavy atom. The van der Waals surface area contributed by atoms with Gasteiger partial charge in [-0.25, -0.2) is 4.79 Å². The maximum Gasteiger partial charge on any atom is 0.335 e. The van der Waals surface area contributed by atoms with E-state index >= 15 is 0 Å². The molecule has 404 valence electrons. The maximum absolute atomic E-state index is 13.1. The highest BCUT2D eigenvalue weighted by Gasteiger charge is 2.50. The van der Waals surface area contributed by atoms with Crippen LogP contribution in [0.1, 0.15) is 213 Å². The number of rotatable bonds is 45. The topological polar surface area (TPSA) is 175 Å². The van der Waals surface area contributed by atoms with Gasteiger partial charge in [0.15, 0.2) is 24.6 Å². The second-order valence-electron chi connectivity index (χ2n) is 18.5. The molecule has 0 aromatic rings. The SMILES string of the molecule is CC/C=C\C/C=C\C/C=C\C/C=C\C/C=C\C/C=C\CCC(=O)OCC(COC1OC(C(=O)O)C(O)C(O)C1OC(=O)CCCCCCCCCCCCC)OC(=O)CCCCCCC/C=C\CCCC. The van der Waals surface area contributed by atoms with Crippen LogP contribution >= 0.6 is 0 Å². The lowest BCUT2D eigenvalue weighted by molar-refractivity contribution is -0.301. The van der Waals surface area contributed by atoms with E-state index in [-0.39, 0.29) is 25.9 Å². The van der Waals surface area contributed by atoms with Crippen LogP contribution in [0.15, 0.2) is 85.1 Å². The van der Waals surface area contributed by atoms with Gasteiger partial charge in [0.2, 0.25) is 0 Å². The molecule has 0 amide bonds. The van der Waals surface area contributed by atoms with Crippen LogP contribution < -0.4 is 0 Å². The Hall–Kier alpha value is -4.10. The molecule has 6 unspecified atom stereocenters. The fraction of sp³-hybridized carbons (Fsp3) is 0.695. The summed E-state index contributed by atoms with van der Waals surface area (Å²) in [7, 11) is 0. The molecule has 0 aromatic heterocycles. The summed E-state index contributed by atoms with van der Waals surface area (Å²) >= 11 is 0. The number of aliphatic hydroxyl groups is 2. The van der Waals surface area contributed by atoms with Crippen molar-refractivity contribution in [3.05, 3.63) is 85.1 Å². The monoisotopic (exact) mass is 997 g/mol. The first-order chi connectivity index (χ1) is 34.6. The molecule has 0 bridgehead atoms. The molecular weight excluding hydrogens is 901 g/mol. The summed E-state index contributed by atoms with van der Waals surface area (Å²) in [5.41, 5.74) is 0. The molecule has 12 nitrogen and oxygen atoms in total. The number of aliphatic hydroxyl groups excluding tert-OH is 2. The minimum atomic E-state index is -1.91. The largest absolute Gasteiger partial charge is 0.479 e. The van der Waals surface area contributed by atoms with E-state index in [0.717, 1.165) is 103 Å². The molecule has 1 aliphatic heterocycles. The van der Waals surface area contributed by atoms with Gasteiger partial charge in [-0.3, -0.25) is 14.4 Å². The second-order valence-corrected chi connectivity index (χ2v) is 18.5. The number of hydrogen-bond donors (Lipinski definition) is 3. The summed E-state index contributed by atoms with van der Waals surface area (Å²) in [6.45, 7) is 5.73. The molecule has 0 aliphatic carbocycles. The number of esters is 3. The third-order valence-corrected chi connectivity index (χ3v) is 12.0. The van der Waals surface area contributed by atoms with Gasteiger partial charge in [-0.2, -0.15) is 0 Å². The Kier molecular flexibility index (Phi) is 42.9. The highest BCUT2D eigenvalue weighted by atomic mass is 16.7. The van der Waals surface area contributed by atoms with Gasteiger partial charge in [-0.05, 0) is 77.0 Å². The molecule has 0 radical (unpaired) electrons. The van der Waals surface area contributed by atoms with Crippen LogP contribution in [0.5, 0.6) is 0 Å². The molecule has 1 saturated heterocycles. The molecule has 0 aromatic carbocycles. The van der Waals surface area contributed by atoms with Crippen molar-refractivity contribution in [3.63, 3.8) is 0 Å². The second kappa shape index (κ2) is 46.9. The number of allylic oxidation sites excluding steroid dienone is 14. The van der Waals surface area contributed by atoms with E-state index in [0.29, 0.717) is 19.3 Å². The molecule has 71 heavy (non-hydrogen) atoms. The number of ether oxygens (including phenoxy) is 5. The average Bonchev–Trinajstić information content (AvgIpc) is 3.35. The van der Waals surface area contributed by atoms with Crippen molar-refractivity contribution in [1.29, 1.82) is 0 Å². The van der Waals surface area contributed by atoms with Crippen LogP contribution in [0.3, 0.4) is 0 Å². The molecular formula is C59H96O12. The zero-order valence-corrected chi connectivity index (χ0v) is 44.2. The number of carbonyl (C=O) groups is 4. The van der Waals surface area contributed by atoms with Crippen LogP contribution in [0.4, 0.5) is 0 Å². The summed E-state index contributed by atoms with van der Waals surface area (Å²) in [6, 6.07) is 0. The number of carboxylic acid groups (broad SMARTS) is 1. The maximum atomic E-state index is 13.1. The summed E-state index contributed by atoms with van der Waals surface area (Å²) in [5.74, 6) is -3.25. The van der Waals surface area contributed by atoms with Gasteiger partial charge in [0.25, 0.3) is 0 Å². The summed E-state index contributed by atoms with van der Waals surface area (Å²) in [5, 5.41) is 31.3. The zero-order chi connectivity index (χ0) is 51.8. The Bertz CT molecular complexity index is 1560. The number of carbonyl (C=O) groups excluding carboxylic acids is 3. The van der Waals surface area contributed by atoms with Gasteiger partial charge in [-0.15, -0.1) is 0 Å². The molecule has 12 heteroatoms. The summed E-state index contributed by atoms with van der Waals surface area (Å²) in [4.78, 5) is 50.8. The molecule has 1 aliphatic rings. The lowest BCUT2D eigenvalue weighted by Crippen LogP contribution is -2.61. The van der Waals surface area contributed by atoms with Crippen LogP contribution in [0, 0.1) is 0 Å². The summed E-state index contributed by atoms with van der Waals surface area (Å²) in [6.07, 6.45) is 47.3. The first-order valence-electron chi connectivity index (χ1n) is 27.6. The number of unbranched alkanes of at least 4 members (excludes halogenated alkanes) is 17. The van der Waals surface area contributed by atoms with Gasteiger partial charge in [0, 0.05) is 19.3 Å². The van der Waals surface area contributed by atoms with Crippen molar-refractivity contribution in [3.8, 4) is 0 Å². The molecule has 0 spiro atoms. The lowest BCUT2D eigenvalue weighted by atomic mass is 9.98. The average molecular weight is 997 g/mol. The van der Waals surface area contributed by atoms with Crippen molar-refractivity contribution in [2.45, 2.75) is 250 Å². The standard InChI is InChI=1S/C59H96O12/c1-4-7-10-13-16-19-22-23-24-25-26-27-28-29-32-33-36-39-42-45-51(60)67-48-50(69-52(61)46-43-40-37-34-30-20-17-14-11-8-5-2)49-68-59-57(55(64)54(63)56(71-59)58(65)66)70-53(62)47-44-41-38-35-31-21-18-15-12-9-6-3/h7,10,14,16-17,19,23-24,26-27,29,32,36,39,50,54-57,59,63-64H,4-6,8-9,11-13,15,18,20-22,25,28,30-31,33-35,37-38,40-49H2,1-3H3,(H,65,66)/b10-7-,17-14-,19-16-,24-23-,27-26-,32-29-,39-36-. The van der Waals surface area contributed by atoms with E-state index in [2.05, 4.69) is 93.7 Å². The minimum Gasteiger partial charge on any atom is -0.479 e. The quantitative estimate of drug-likeness (QED) is 0.0228. The molecule has 6 atom stereocenters. The van der Waals surface area contributed by atoms with Crippen molar-refractivity contribution in [1.82, 2.24) is 0 Å². The zero-order valence-electron chi connectivity index (χ0n) is 44.2. The van der Waals surface area contributed by atoms with Gasteiger partial charge in [0.1, 0.15) is 18.8 Å². The molecule has 1 fully saturated rings. The van der Waals surface area contributed by atoms with Gasteiger partial charge >= 0.3 is 23.9 Å². The van der Waals surface area contributed by atoms with E-state index in [9.17, 15) is 34.5 Å². The fourth-order valence-electron chi connectivity index (χ4n) is 7.73. The van der Waals surface area contributed by atoms with Crippen LogP contribution in [0.25, 0.3) is 0 Å². The van der Waals surface area contributed by atoms with Crippen LogP contribution in [0.2, 0.25) is 0 Å². The Morgan fingerprint density at radius 3 is 1.45 bits per heavy atom. The number of hydrogen-bond acceptors (Lipinski definition) is 11. The van der Waals surface area contributed by atoms with E-state index in [4.69, 9.17) is 23.7 Å². The predicted octanol–water partition coefficient (Wildman–Crippen LogP) is 13.6. The normalized spacial score (nSPS) is 19.1. The Balaban J connectivity index is 2.75. The first-order valence-corrected chi connectivity index (χ1v) is 27.6.